The Morgan fingerprint density at radius 3 is 2.74 bits per heavy atom. The zero-order valence-electron chi connectivity index (χ0n) is 14.4. The summed E-state index contributed by atoms with van der Waals surface area (Å²) >= 11 is 11.0. The minimum atomic E-state index is -2.80. The number of aryl methyl sites for hydroxylation is 2. The highest BCUT2D eigenvalue weighted by Crippen LogP contribution is 2.26. The fraction of sp³-hybridized carbons (Fsp3) is 0.235. The molecule has 1 N–H and O–H groups in total. The first-order valence-electron chi connectivity index (χ1n) is 7.83. The number of benzene rings is 1. The number of hydrogen-bond donors (Lipinski definition) is 1. The van der Waals surface area contributed by atoms with Crippen LogP contribution in [-0.2, 0) is 6.61 Å². The monoisotopic (exact) mass is 412 g/mol. The summed E-state index contributed by atoms with van der Waals surface area (Å²) in [4.78, 5) is 0. The number of furan rings is 1. The van der Waals surface area contributed by atoms with Crippen molar-refractivity contribution in [1.29, 1.82) is 0 Å². The third kappa shape index (κ3) is 4.42. The Hall–Kier alpha value is -2.52. The first-order chi connectivity index (χ1) is 12.8. The lowest BCUT2D eigenvalue weighted by atomic mass is 10.1. The minimum absolute atomic E-state index is 0.0369. The van der Waals surface area contributed by atoms with Crippen molar-refractivity contribution in [2.24, 2.45) is 5.10 Å². The van der Waals surface area contributed by atoms with Crippen molar-refractivity contribution < 1.29 is 17.9 Å². The number of aromatic amines is 1. The molecule has 27 heavy (non-hydrogen) atoms. The highest BCUT2D eigenvalue weighted by atomic mass is 35.5. The largest absolute Gasteiger partial charge is 0.486 e. The molecule has 3 aromatic rings. The molecule has 0 atom stereocenters. The fourth-order valence-corrected chi connectivity index (χ4v) is 2.65. The quantitative estimate of drug-likeness (QED) is 0.446. The molecule has 142 valence electrons. The molecule has 2 heterocycles. The van der Waals surface area contributed by atoms with Gasteiger partial charge in [-0.05, 0) is 61.5 Å². The van der Waals surface area contributed by atoms with Crippen LogP contribution in [0.4, 0.5) is 8.78 Å². The van der Waals surface area contributed by atoms with Gasteiger partial charge in [-0.25, -0.2) is 13.9 Å². The summed E-state index contributed by atoms with van der Waals surface area (Å²) in [6, 6.07) is 7.03. The summed E-state index contributed by atoms with van der Waals surface area (Å²) in [5.74, 6) is 1.01. The van der Waals surface area contributed by atoms with Crippen molar-refractivity contribution in [2.45, 2.75) is 26.9 Å². The van der Waals surface area contributed by atoms with E-state index in [1.54, 1.807) is 12.1 Å². The molecule has 0 radical (unpaired) electrons. The van der Waals surface area contributed by atoms with Gasteiger partial charge in [0.25, 0.3) is 6.43 Å². The van der Waals surface area contributed by atoms with Gasteiger partial charge >= 0.3 is 0 Å². The molecule has 2 aromatic heterocycles. The van der Waals surface area contributed by atoms with E-state index in [-0.39, 0.29) is 11.4 Å². The highest BCUT2D eigenvalue weighted by Gasteiger charge is 2.16. The van der Waals surface area contributed by atoms with Crippen molar-refractivity contribution in [2.75, 3.05) is 0 Å². The van der Waals surface area contributed by atoms with Crippen molar-refractivity contribution in [1.82, 2.24) is 14.9 Å². The Bertz CT molecular complexity index is 1020. The lowest BCUT2D eigenvalue weighted by Gasteiger charge is -2.08. The van der Waals surface area contributed by atoms with Crippen LogP contribution in [0.25, 0.3) is 0 Å². The predicted molar refractivity (Wildman–Crippen MR) is 99.3 cm³/mol. The molecule has 10 heteroatoms. The minimum Gasteiger partial charge on any atom is -0.486 e. The topological polar surface area (TPSA) is 68.3 Å². The number of nitrogens with zero attached hydrogens (tertiary/aromatic N) is 3. The SMILES string of the molecule is Cc1cc(OCc2ccc(/C=N\n3c(C(F)F)n[nH]c3=S)o2)cc(C)c1Cl. The van der Waals surface area contributed by atoms with Gasteiger partial charge in [0.2, 0.25) is 10.6 Å². The molecular weight excluding hydrogens is 398 g/mol. The summed E-state index contributed by atoms with van der Waals surface area (Å²) in [5.41, 5.74) is 1.84. The van der Waals surface area contributed by atoms with E-state index >= 15 is 0 Å². The Morgan fingerprint density at radius 1 is 1.37 bits per heavy atom. The third-order valence-electron chi connectivity index (χ3n) is 3.64. The Morgan fingerprint density at radius 2 is 2.07 bits per heavy atom. The van der Waals surface area contributed by atoms with E-state index in [0.717, 1.165) is 15.8 Å². The number of H-pyrrole nitrogens is 1. The number of nitrogens with one attached hydrogen (secondary N) is 1. The third-order valence-corrected chi connectivity index (χ3v) is 4.50. The van der Waals surface area contributed by atoms with Gasteiger partial charge < -0.3 is 9.15 Å². The molecule has 0 spiro atoms. The first kappa shape index (κ1) is 19.2. The smallest absolute Gasteiger partial charge is 0.299 e. The standard InChI is InChI=1S/C17H15ClF2N4O2S/c1-9-5-13(6-10(2)14(9)18)25-8-12-4-3-11(26-12)7-21-24-16(15(19)20)22-23-17(24)27/h3-7,15H,8H2,1-2H3,(H,23,27)/b21-7-. The van der Waals surface area contributed by atoms with E-state index in [9.17, 15) is 8.78 Å². The van der Waals surface area contributed by atoms with Gasteiger partial charge in [0.05, 0.1) is 6.21 Å². The molecular formula is C17H15ClF2N4O2S. The lowest BCUT2D eigenvalue weighted by molar-refractivity contribution is 0.136. The summed E-state index contributed by atoms with van der Waals surface area (Å²) in [7, 11) is 0. The summed E-state index contributed by atoms with van der Waals surface area (Å²) < 4.78 is 37.8. The summed E-state index contributed by atoms with van der Waals surface area (Å²) in [5, 5.41) is 10.3. The average molecular weight is 413 g/mol. The second-order valence-corrected chi connectivity index (χ2v) is 6.47. The second kappa shape index (κ2) is 8.01. The molecule has 0 fully saturated rings. The molecule has 6 nitrogen and oxygen atoms in total. The van der Waals surface area contributed by atoms with Crippen LogP contribution in [-0.4, -0.2) is 21.1 Å². The molecule has 0 amide bonds. The van der Waals surface area contributed by atoms with Gasteiger partial charge in [0, 0.05) is 5.02 Å². The van der Waals surface area contributed by atoms with Crippen LogP contribution in [0, 0.1) is 18.6 Å². The molecule has 0 saturated heterocycles. The maximum Gasteiger partial charge on any atom is 0.299 e. The number of hydrogen-bond acceptors (Lipinski definition) is 5. The van der Waals surface area contributed by atoms with Crippen molar-refractivity contribution in [3.8, 4) is 5.75 Å². The molecule has 0 bridgehead atoms. The van der Waals surface area contributed by atoms with Gasteiger partial charge in [0.1, 0.15) is 23.9 Å². The first-order valence-corrected chi connectivity index (χ1v) is 8.62. The van der Waals surface area contributed by atoms with E-state index in [0.29, 0.717) is 22.3 Å². The Balaban J connectivity index is 1.69. The van der Waals surface area contributed by atoms with Crippen LogP contribution in [0.5, 0.6) is 5.75 Å². The van der Waals surface area contributed by atoms with E-state index in [1.807, 2.05) is 26.0 Å². The van der Waals surface area contributed by atoms with Crippen molar-refractivity contribution in [3.63, 3.8) is 0 Å². The van der Waals surface area contributed by atoms with E-state index < -0.39 is 12.2 Å². The molecule has 3 rings (SSSR count). The number of alkyl halides is 2. The van der Waals surface area contributed by atoms with Gasteiger partial charge in [-0.2, -0.15) is 14.9 Å². The van der Waals surface area contributed by atoms with Crippen molar-refractivity contribution >= 4 is 30.0 Å². The van der Waals surface area contributed by atoms with E-state index in [4.69, 9.17) is 33.0 Å². The van der Waals surface area contributed by atoms with Crippen LogP contribution in [0.1, 0.15) is 34.9 Å². The molecule has 0 aliphatic heterocycles. The summed E-state index contributed by atoms with van der Waals surface area (Å²) in [6.45, 7) is 4.00. The fourth-order valence-electron chi connectivity index (χ4n) is 2.36. The number of aromatic nitrogens is 3. The van der Waals surface area contributed by atoms with E-state index in [2.05, 4.69) is 15.3 Å². The van der Waals surface area contributed by atoms with Gasteiger partial charge in [-0.1, -0.05) is 11.6 Å². The maximum atomic E-state index is 12.8. The zero-order chi connectivity index (χ0) is 19.6. The molecule has 0 unspecified atom stereocenters. The highest BCUT2D eigenvalue weighted by molar-refractivity contribution is 7.71. The van der Waals surface area contributed by atoms with Crippen LogP contribution in [0.3, 0.4) is 0 Å². The van der Waals surface area contributed by atoms with Gasteiger partial charge in [-0.3, -0.25) is 0 Å². The zero-order valence-corrected chi connectivity index (χ0v) is 15.9. The van der Waals surface area contributed by atoms with Gasteiger partial charge in [0.15, 0.2) is 0 Å². The van der Waals surface area contributed by atoms with Crippen LogP contribution < -0.4 is 4.74 Å². The lowest BCUT2D eigenvalue weighted by Crippen LogP contribution is -1.99. The Kier molecular flexibility index (Phi) is 5.71. The maximum absolute atomic E-state index is 12.8. The Labute approximate surface area is 163 Å². The van der Waals surface area contributed by atoms with E-state index in [1.165, 1.54) is 6.21 Å². The predicted octanol–water partition coefficient (Wildman–Crippen LogP) is 5.20. The van der Waals surface area contributed by atoms with Crippen LogP contribution >= 0.6 is 23.8 Å². The van der Waals surface area contributed by atoms with Gasteiger partial charge in [-0.15, -0.1) is 0 Å². The van der Waals surface area contributed by atoms with Crippen molar-refractivity contribution in [3.05, 3.63) is 62.5 Å². The molecule has 1 aromatic carbocycles. The molecule has 0 aliphatic rings. The normalized spacial score (nSPS) is 11.6. The average Bonchev–Trinajstić information content (AvgIpc) is 3.22. The summed E-state index contributed by atoms with van der Waals surface area (Å²) in [6.07, 6.45) is -1.53. The number of halogens is 3. The second-order valence-electron chi connectivity index (χ2n) is 5.71. The molecule has 0 saturated carbocycles. The number of rotatable bonds is 6. The number of ether oxygens (including phenoxy) is 1. The van der Waals surface area contributed by atoms with Crippen LogP contribution in [0.15, 0.2) is 33.8 Å². The molecule has 0 aliphatic carbocycles. The van der Waals surface area contributed by atoms with Crippen LogP contribution in [0.2, 0.25) is 5.02 Å².